The summed E-state index contributed by atoms with van der Waals surface area (Å²) in [4.78, 5) is 24.0. The molecule has 0 radical (unpaired) electrons. The summed E-state index contributed by atoms with van der Waals surface area (Å²) in [7, 11) is 0. The van der Waals surface area contributed by atoms with E-state index in [2.05, 4.69) is 46.0 Å². The van der Waals surface area contributed by atoms with Gasteiger partial charge in [0.2, 0.25) is 5.91 Å². The summed E-state index contributed by atoms with van der Waals surface area (Å²) in [5.74, 6) is 0.0283. The third-order valence-electron chi connectivity index (χ3n) is 6.70. The fourth-order valence-electron chi connectivity index (χ4n) is 4.27. The predicted octanol–water partition coefficient (Wildman–Crippen LogP) is 5.45. The van der Waals surface area contributed by atoms with Gasteiger partial charge in [0.15, 0.2) is 0 Å². The molecule has 3 rings (SSSR count). The molecule has 1 aliphatic rings. The van der Waals surface area contributed by atoms with Crippen LogP contribution in [0.2, 0.25) is 0 Å². The molecule has 3 nitrogen and oxygen atoms in total. The van der Waals surface area contributed by atoms with E-state index in [-0.39, 0.29) is 22.7 Å². The van der Waals surface area contributed by atoms with E-state index in [0.717, 1.165) is 39.5 Å². The van der Waals surface area contributed by atoms with Crippen LogP contribution in [0.4, 0.5) is 5.69 Å². The Labute approximate surface area is 155 Å². The summed E-state index contributed by atoms with van der Waals surface area (Å²) in [6.45, 7) is 12.5. The van der Waals surface area contributed by atoms with Crippen LogP contribution in [0.15, 0.2) is 42.0 Å². The summed E-state index contributed by atoms with van der Waals surface area (Å²) >= 11 is 0. The molecule has 0 unspecified atom stereocenters. The number of aldehydes is 1. The lowest BCUT2D eigenvalue weighted by Crippen LogP contribution is -2.33. The fourth-order valence-corrected chi connectivity index (χ4v) is 4.27. The topological polar surface area (TPSA) is 46.2 Å². The van der Waals surface area contributed by atoms with Crippen LogP contribution in [-0.2, 0) is 9.59 Å². The van der Waals surface area contributed by atoms with Gasteiger partial charge in [-0.3, -0.25) is 9.59 Å². The summed E-state index contributed by atoms with van der Waals surface area (Å²) in [5.41, 5.74) is 3.34. The van der Waals surface area contributed by atoms with Gasteiger partial charge in [-0.05, 0) is 33.3 Å². The molecule has 1 N–H and O–H groups in total. The lowest BCUT2D eigenvalue weighted by Gasteiger charge is -2.41. The number of carbonyl (C=O) groups excluding carboxylic acids is 2. The largest absolute Gasteiger partial charge is 0.325 e. The Hall–Kier alpha value is -2.42. The summed E-state index contributed by atoms with van der Waals surface area (Å²) in [6.07, 6.45) is 1.00. The molecule has 0 bridgehead atoms. The second-order valence-corrected chi connectivity index (χ2v) is 8.41. The average molecular weight is 349 g/mol. The first-order valence-electron chi connectivity index (χ1n) is 9.12. The van der Waals surface area contributed by atoms with E-state index in [1.165, 1.54) is 6.92 Å². The molecule has 0 saturated heterocycles. The molecule has 3 heteroatoms. The van der Waals surface area contributed by atoms with Gasteiger partial charge < -0.3 is 5.32 Å². The van der Waals surface area contributed by atoms with Gasteiger partial charge in [-0.25, -0.2) is 0 Å². The molecule has 1 amide bonds. The number of nitrogens with one attached hydrogen (secondary N) is 1. The maximum atomic E-state index is 12.0. The van der Waals surface area contributed by atoms with Crippen molar-refractivity contribution in [2.75, 3.05) is 5.32 Å². The number of hydrogen-bond acceptors (Lipinski definition) is 2. The van der Waals surface area contributed by atoms with Crippen molar-refractivity contribution in [2.45, 2.75) is 41.5 Å². The van der Waals surface area contributed by atoms with Gasteiger partial charge in [-0.2, -0.15) is 0 Å². The molecule has 0 fully saturated rings. The van der Waals surface area contributed by atoms with Crippen LogP contribution in [0.1, 0.15) is 47.1 Å². The van der Waals surface area contributed by atoms with Crippen molar-refractivity contribution in [3.63, 3.8) is 0 Å². The minimum Gasteiger partial charge on any atom is -0.325 e. The van der Waals surface area contributed by atoms with Crippen molar-refractivity contribution in [3.05, 3.63) is 47.5 Å². The number of anilines is 1. The van der Waals surface area contributed by atoms with Crippen molar-refractivity contribution >= 4 is 34.2 Å². The molecule has 136 valence electrons. The van der Waals surface area contributed by atoms with E-state index in [9.17, 15) is 9.59 Å². The smallest absolute Gasteiger partial charge is 0.221 e. The molecule has 0 aliphatic heterocycles. The molecule has 0 aromatic heterocycles. The van der Waals surface area contributed by atoms with Gasteiger partial charge in [0, 0.05) is 17.9 Å². The summed E-state index contributed by atoms with van der Waals surface area (Å²) < 4.78 is 0. The Morgan fingerprint density at radius 3 is 2.35 bits per heavy atom. The van der Waals surface area contributed by atoms with Gasteiger partial charge in [0.25, 0.3) is 0 Å². The second kappa shape index (κ2) is 6.08. The van der Waals surface area contributed by atoms with Crippen LogP contribution in [0.3, 0.4) is 0 Å². The van der Waals surface area contributed by atoms with Crippen LogP contribution < -0.4 is 5.32 Å². The molecule has 1 atom stereocenters. The zero-order chi connectivity index (χ0) is 19.3. The van der Waals surface area contributed by atoms with Gasteiger partial charge >= 0.3 is 0 Å². The first-order valence-corrected chi connectivity index (χ1v) is 9.12. The quantitative estimate of drug-likeness (QED) is 0.749. The number of amides is 1. The van der Waals surface area contributed by atoms with E-state index >= 15 is 0 Å². The lowest BCUT2D eigenvalue weighted by atomic mass is 9.63. The van der Waals surface area contributed by atoms with Crippen LogP contribution in [0, 0.1) is 16.7 Å². The zero-order valence-electron chi connectivity index (χ0n) is 16.4. The monoisotopic (exact) mass is 349 g/mol. The van der Waals surface area contributed by atoms with Crippen molar-refractivity contribution in [1.82, 2.24) is 0 Å². The maximum Gasteiger partial charge on any atom is 0.221 e. The third kappa shape index (κ3) is 2.49. The highest BCUT2D eigenvalue weighted by molar-refractivity contribution is 6.08. The standard InChI is InChI=1S/C23H27NO2/c1-14-19(13-25)20(23(5,6)22(14,3)4)18-12-11-16-9-7-8-10-17(16)21(18)24-15(2)26/h7-14H,1-6H3,(H,24,26)/t14-/m1/s1. The van der Waals surface area contributed by atoms with E-state index in [0.29, 0.717) is 0 Å². The number of allylic oxidation sites excluding steroid dienone is 2. The first-order chi connectivity index (χ1) is 12.1. The van der Waals surface area contributed by atoms with Crippen LogP contribution in [0.25, 0.3) is 16.3 Å². The Kier molecular flexibility index (Phi) is 4.30. The highest BCUT2D eigenvalue weighted by atomic mass is 16.1. The van der Waals surface area contributed by atoms with Crippen molar-refractivity contribution in [1.29, 1.82) is 0 Å². The SMILES string of the molecule is CC(=O)Nc1c(C2=C(C=O)[C@@H](C)C(C)(C)C2(C)C)ccc2ccccc12. The molecule has 2 aromatic rings. The second-order valence-electron chi connectivity index (χ2n) is 8.41. The van der Waals surface area contributed by atoms with Gasteiger partial charge in [-0.1, -0.05) is 71.0 Å². The van der Waals surface area contributed by atoms with Gasteiger partial charge in [0.05, 0.1) is 5.69 Å². The average Bonchev–Trinajstić information content (AvgIpc) is 2.71. The fraction of sp³-hybridized carbons (Fsp3) is 0.391. The number of benzene rings is 2. The summed E-state index contributed by atoms with van der Waals surface area (Å²) in [5, 5.41) is 5.09. The molecule has 1 aliphatic carbocycles. The lowest BCUT2D eigenvalue weighted by molar-refractivity contribution is -0.114. The minimum atomic E-state index is -0.210. The maximum absolute atomic E-state index is 12.0. The van der Waals surface area contributed by atoms with Crippen molar-refractivity contribution < 1.29 is 9.59 Å². The Bertz CT molecular complexity index is 934. The molecular weight excluding hydrogens is 322 g/mol. The Morgan fingerprint density at radius 2 is 1.73 bits per heavy atom. The molecule has 2 aromatic carbocycles. The number of fused-ring (bicyclic) bond motifs is 1. The summed E-state index contributed by atoms with van der Waals surface area (Å²) in [6, 6.07) is 12.1. The highest BCUT2D eigenvalue weighted by Crippen LogP contribution is 2.62. The van der Waals surface area contributed by atoms with E-state index in [1.54, 1.807) is 0 Å². The molecule has 0 heterocycles. The molecule has 0 spiro atoms. The van der Waals surface area contributed by atoms with Crippen molar-refractivity contribution in [3.8, 4) is 0 Å². The zero-order valence-corrected chi connectivity index (χ0v) is 16.4. The van der Waals surface area contributed by atoms with E-state index < -0.39 is 0 Å². The number of carbonyl (C=O) groups is 2. The van der Waals surface area contributed by atoms with E-state index in [4.69, 9.17) is 0 Å². The highest BCUT2D eigenvalue weighted by Gasteiger charge is 2.52. The van der Waals surface area contributed by atoms with Crippen molar-refractivity contribution in [2.24, 2.45) is 16.7 Å². The van der Waals surface area contributed by atoms with Crippen LogP contribution >= 0.6 is 0 Å². The van der Waals surface area contributed by atoms with Gasteiger partial charge in [0.1, 0.15) is 6.29 Å². The first kappa shape index (κ1) is 18.4. The Morgan fingerprint density at radius 1 is 1.08 bits per heavy atom. The van der Waals surface area contributed by atoms with E-state index in [1.807, 2.05) is 30.3 Å². The molecule has 0 saturated carbocycles. The third-order valence-corrected chi connectivity index (χ3v) is 6.70. The normalized spacial score (nSPS) is 21.1. The minimum absolute atomic E-state index is 0.0717. The molecular formula is C23H27NO2. The molecule has 26 heavy (non-hydrogen) atoms. The van der Waals surface area contributed by atoms with Gasteiger partial charge in [-0.15, -0.1) is 0 Å². The number of hydrogen-bond donors (Lipinski definition) is 1. The number of rotatable bonds is 3. The van der Waals surface area contributed by atoms with Crippen LogP contribution in [0.5, 0.6) is 0 Å². The Balaban J connectivity index is 2.39. The predicted molar refractivity (Wildman–Crippen MR) is 108 cm³/mol. The van der Waals surface area contributed by atoms with Crippen LogP contribution in [-0.4, -0.2) is 12.2 Å².